The van der Waals surface area contributed by atoms with Gasteiger partial charge in [0.15, 0.2) is 5.54 Å². The molecule has 1 unspecified atom stereocenters. The monoisotopic (exact) mass is 445 g/mol. The maximum atomic E-state index is 14.8. The number of aryl methyl sites for hydroxylation is 1. The average molecular weight is 446 g/mol. The summed E-state index contributed by atoms with van der Waals surface area (Å²) in [5, 5.41) is 3.37. The number of nitrogens with zero attached hydrogens (tertiary/aromatic N) is 2. The fourth-order valence-corrected chi connectivity index (χ4v) is 4.93. The standard InChI is InChI=1S/C23H25ClFN3O3/c1-13-5-8-20(31-4)17(9-13)23(16-10-14(24)6-7-18(16)26-22(23)30)28-12-15(25)11-19(28)21(29)27(2)3/h5-10,15,19H,11-12H2,1-4H3,(H,26,30)/t15-,19-,23?/m0/s1. The van der Waals surface area contributed by atoms with Crippen LogP contribution in [0, 0.1) is 6.92 Å². The molecule has 31 heavy (non-hydrogen) atoms. The molecule has 8 heteroatoms. The van der Waals surface area contributed by atoms with Crippen LogP contribution in [0.25, 0.3) is 0 Å². The lowest BCUT2D eigenvalue weighted by Crippen LogP contribution is -2.57. The van der Waals surface area contributed by atoms with Gasteiger partial charge in [0, 0.05) is 48.9 Å². The number of methoxy groups -OCH3 is 1. The first-order valence-corrected chi connectivity index (χ1v) is 10.5. The Morgan fingerprint density at radius 1 is 1.26 bits per heavy atom. The molecule has 6 nitrogen and oxygen atoms in total. The number of nitrogens with one attached hydrogen (secondary N) is 1. The number of carbonyl (C=O) groups is 2. The van der Waals surface area contributed by atoms with Crippen molar-refractivity contribution in [2.75, 3.05) is 33.1 Å². The Bertz CT molecular complexity index is 1060. The zero-order chi connectivity index (χ0) is 22.5. The van der Waals surface area contributed by atoms with Crippen molar-refractivity contribution < 1.29 is 18.7 Å². The molecule has 0 bridgehead atoms. The molecule has 2 aliphatic heterocycles. The number of hydrogen-bond donors (Lipinski definition) is 1. The topological polar surface area (TPSA) is 61.9 Å². The molecule has 2 heterocycles. The molecule has 1 saturated heterocycles. The van der Waals surface area contributed by atoms with Crippen LogP contribution in [0.5, 0.6) is 5.75 Å². The maximum absolute atomic E-state index is 14.8. The summed E-state index contributed by atoms with van der Waals surface area (Å²) in [6.07, 6.45) is -1.24. The number of likely N-dealkylation sites (N-methyl/N-ethyl adjacent to an activating group) is 1. The van der Waals surface area contributed by atoms with Gasteiger partial charge in [-0.2, -0.15) is 0 Å². The zero-order valence-electron chi connectivity index (χ0n) is 17.9. The predicted octanol–water partition coefficient (Wildman–Crippen LogP) is 3.35. The molecule has 0 radical (unpaired) electrons. The van der Waals surface area contributed by atoms with E-state index >= 15 is 0 Å². The van der Waals surface area contributed by atoms with Crippen molar-refractivity contribution in [1.82, 2.24) is 9.80 Å². The maximum Gasteiger partial charge on any atom is 0.254 e. The molecule has 2 aromatic carbocycles. The van der Waals surface area contributed by atoms with Crippen LogP contribution >= 0.6 is 11.6 Å². The number of rotatable bonds is 4. The lowest BCUT2D eigenvalue weighted by molar-refractivity contribution is -0.138. The van der Waals surface area contributed by atoms with Crippen LogP contribution < -0.4 is 10.1 Å². The van der Waals surface area contributed by atoms with Gasteiger partial charge >= 0.3 is 0 Å². The van der Waals surface area contributed by atoms with Crippen LogP contribution in [0.4, 0.5) is 10.1 Å². The third kappa shape index (κ3) is 3.27. The van der Waals surface area contributed by atoms with Gasteiger partial charge in [0.05, 0.1) is 13.2 Å². The quantitative estimate of drug-likeness (QED) is 0.784. The van der Waals surface area contributed by atoms with Crippen LogP contribution in [0.1, 0.15) is 23.1 Å². The van der Waals surface area contributed by atoms with Gasteiger partial charge < -0.3 is 15.0 Å². The summed E-state index contributed by atoms with van der Waals surface area (Å²) in [5.41, 5.74) is 1.16. The van der Waals surface area contributed by atoms with Crippen molar-refractivity contribution in [2.45, 2.75) is 31.1 Å². The number of amides is 2. The largest absolute Gasteiger partial charge is 0.496 e. The van der Waals surface area contributed by atoms with Crippen LogP contribution in [-0.2, 0) is 15.1 Å². The summed E-state index contributed by atoms with van der Waals surface area (Å²) < 4.78 is 20.5. The van der Waals surface area contributed by atoms with Gasteiger partial charge in [-0.15, -0.1) is 0 Å². The first-order valence-electron chi connectivity index (χ1n) is 10.1. The highest BCUT2D eigenvalue weighted by Gasteiger charge is 2.59. The molecule has 2 aromatic rings. The molecular weight excluding hydrogens is 421 g/mol. The number of ether oxygens (including phenoxy) is 1. The lowest BCUT2D eigenvalue weighted by Gasteiger charge is -2.41. The highest BCUT2D eigenvalue weighted by atomic mass is 35.5. The zero-order valence-corrected chi connectivity index (χ0v) is 18.7. The number of fused-ring (bicyclic) bond motifs is 1. The van der Waals surface area contributed by atoms with Crippen LogP contribution in [0.15, 0.2) is 36.4 Å². The van der Waals surface area contributed by atoms with Crippen LogP contribution in [0.2, 0.25) is 5.02 Å². The third-order valence-corrected chi connectivity index (χ3v) is 6.33. The second-order valence-corrected chi connectivity index (χ2v) is 8.73. The van der Waals surface area contributed by atoms with E-state index in [0.29, 0.717) is 27.6 Å². The molecule has 0 saturated carbocycles. The minimum absolute atomic E-state index is 0.00999. The van der Waals surface area contributed by atoms with E-state index in [2.05, 4.69) is 5.32 Å². The van der Waals surface area contributed by atoms with Gasteiger partial charge in [0.2, 0.25) is 5.91 Å². The Morgan fingerprint density at radius 3 is 2.68 bits per heavy atom. The van der Waals surface area contributed by atoms with Gasteiger partial charge in [-0.05, 0) is 37.3 Å². The number of halogens is 2. The summed E-state index contributed by atoms with van der Waals surface area (Å²) in [6, 6.07) is 9.84. The van der Waals surface area contributed by atoms with Gasteiger partial charge in [-0.1, -0.05) is 23.2 Å². The first-order chi connectivity index (χ1) is 14.7. The summed E-state index contributed by atoms with van der Waals surface area (Å²) in [4.78, 5) is 30.0. The van der Waals surface area contributed by atoms with E-state index in [0.717, 1.165) is 5.56 Å². The van der Waals surface area contributed by atoms with Crippen molar-refractivity contribution in [3.63, 3.8) is 0 Å². The van der Waals surface area contributed by atoms with Gasteiger partial charge in [-0.25, -0.2) is 4.39 Å². The third-order valence-electron chi connectivity index (χ3n) is 6.10. The number of hydrogen-bond acceptors (Lipinski definition) is 4. The first kappa shape index (κ1) is 21.6. The fourth-order valence-electron chi connectivity index (χ4n) is 4.76. The van der Waals surface area contributed by atoms with E-state index in [9.17, 15) is 14.0 Å². The summed E-state index contributed by atoms with van der Waals surface area (Å²) >= 11 is 6.34. The molecule has 164 valence electrons. The number of likely N-dealkylation sites (tertiary alicyclic amines) is 1. The van der Waals surface area contributed by atoms with Crippen LogP contribution in [-0.4, -0.2) is 61.6 Å². The van der Waals surface area contributed by atoms with E-state index in [4.69, 9.17) is 16.3 Å². The summed E-state index contributed by atoms with van der Waals surface area (Å²) in [6.45, 7) is 1.84. The summed E-state index contributed by atoms with van der Waals surface area (Å²) in [5.74, 6) is -0.138. The Hall–Kier alpha value is -2.64. The van der Waals surface area contributed by atoms with Gasteiger partial charge in [0.1, 0.15) is 11.9 Å². The molecule has 4 rings (SSSR count). The molecular formula is C23H25ClFN3O3. The second-order valence-electron chi connectivity index (χ2n) is 8.29. The second kappa shape index (κ2) is 7.80. The molecule has 0 spiro atoms. The van der Waals surface area contributed by atoms with Crippen molar-refractivity contribution in [3.05, 3.63) is 58.1 Å². The molecule has 1 fully saturated rings. The molecule has 0 aliphatic carbocycles. The van der Waals surface area contributed by atoms with E-state index in [1.54, 1.807) is 43.3 Å². The van der Waals surface area contributed by atoms with E-state index in [-0.39, 0.29) is 24.8 Å². The van der Waals surface area contributed by atoms with Crippen LogP contribution in [0.3, 0.4) is 0 Å². The number of carbonyl (C=O) groups excluding carboxylic acids is 2. The fraction of sp³-hybridized carbons (Fsp3) is 0.391. The SMILES string of the molecule is COc1ccc(C)cc1C1(N2C[C@@H](F)C[C@H]2C(=O)N(C)C)C(=O)Nc2ccc(Cl)cc21. The Labute approximate surface area is 185 Å². The Balaban J connectivity index is 2.05. The minimum Gasteiger partial charge on any atom is -0.496 e. The Morgan fingerprint density at radius 2 is 2.00 bits per heavy atom. The minimum atomic E-state index is -1.46. The van der Waals surface area contributed by atoms with E-state index in [1.807, 2.05) is 19.1 Å². The van der Waals surface area contributed by atoms with Crippen molar-refractivity contribution >= 4 is 29.1 Å². The van der Waals surface area contributed by atoms with Crippen molar-refractivity contribution in [2.24, 2.45) is 0 Å². The average Bonchev–Trinajstić information content (AvgIpc) is 3.24. The molecule has 3 atom stereocenters. The Kier molecular flexibility index (Phi) is 5.43. The van der Waals surface area contributed by atoms with Gasteiger partial charge in [-0.3, -0.25) is 14.5 Å². The molecule has 2 aliphatic rings. The highest BCUT2D eigenvalue weighted by molar-refractivity contribution is 6.31. The number of benzene rings is 2. The molecule has 1 N–H and O–H groups in total. The predicted molar refractivity (Wildman–Crippen MR) is 117 cm³/mol. The smallest absolute Gasteiger partial charge is 0.254 e. The summed E-state index contributed by atoms with van der Waals surface area (Å²) in [7, 11) is 4.79. The molecule has 2 amide bonds. The number of alkyl halides is 1. The van der Waals surface area contributed by atoms with Crippen molar-refractivity contribution in [1.29, 1.82) is 0 Å². The normalized spacial score (nSPS) is 25.3. The molecule has 0 aromatic heterocycles. The van der Waals surface area contributed by atoms with E-state index in [1.165, 1.54) is 12.0 Å². The number of anilines is 1. The van der Waals surface area contributed by atoms with Crippen molar-refractivity contribution in [3.8, 4) is 5.75 Å². The lowest BCUT2D eigenvalue weighted by atomic mass is 9.80. The van der Waals surface area contributed by atoms with E-state index < -0.39 is 17.8 Å². The van der Waals surface area contributed by atoms with Gasteiger partial charge in [0.25, 0.3) is 5.91 Å². The highest BCUT2D eigenvalue weighted by Crippen LogP contribution is 2.51.